The minimum Gasteiger partial charge on any atom is -0.464 e. The summed E-state index contributed by atoms with van der Waals surface area (Å²) < 4.78 is 23.8. The lowest BCUT2D eigenvalue weighted by molar-refractivity contribution is -0.175. The Morgan fingerprint density at radius 3 is 2.50 bits per heavy atom. The van der Waals surface area contributed by atoms with E-state index in [0.29, 0.717) is 12.4 Å². The molecule has 2 aromatic rings. The first-order valence-corrected chi connectivity index (χ1v) is 11.4. The second-order valence-corrected chi connectivity index (χ2v) is 9.14. The molecular weight excluding hydrogens is 393 g/mol. The standard InChI is InChI=1S/C21H28NO4PS/c1-6-25-19(23)20(5,26-7-2)21(27-24,15(3)4)14-28-18-13-12-16-10-8-9-11-17(16)22-18/h8-13,15H,6-7,14H2,1-5H3/p+1. The fourth-order valence-corrected chi connectivity index (χ4v) is 5.71. The van der Waals surface area contributed by atoms with Gasteiger partial charge in [0.2, 0.25) is 10.8 Å². The topological polar surface area (TPSA) is 65.5 Å². The molecule has 1 aromatic heterocycles. The van der Waals surface area contributed by atoms with Gasteiger partial charge >= 0.3 is 14.4 Å². The van der Waals surface area contributed by atoms with Gasteiger partial charge in [0.05, 0.1) is 22.9 Å². The van der Waals surface area contributed by atoms with E-state index >= 15 is 0 Å². The number of carbonyl (C=O) groups excluding carboxylic acids is 1. The van der Waals surface area contributed by atoms with Crippen molar-refractivity contribution in [1.82, 2.24) is 4.98 Å². The highest BCUT2D eigenvalue weighted by atomic mass is 32.2. The molecule has 2 rings (SSSR count). The molecule has 152 valence electrons. The third kappa shape index (κ3) is 4.40. The maximum atomic E-state index is 12.8. The van der Waals surface area contributed by atoms with E-state index in [1.807, 2.05) is 57.2 Å². The van der Waals surface area contributed by atoms with Crippen molar-refractivity contribution in [3.8, 4) is 0 Å². The van der Waals surface area contributed by atoms with Crippen LogP contribution in [0.5, 0.6) is 0 Å². The summed E-state index contributed by atoms with van der Waals surface area (Å²) >= 11 is 1.49. The molecule has 0 aliphatic heterocycles. The van der Waals surface area contributed by atoms with Crippen LogP contribution < -0.4 is 0 Å². The van der Waals surface area contributed by atoms with Gasteiger partial charge < -0.3 is 9.47 Å². The van der Waals surface area contributed by atoms with Crippen LogP contribution in [0, 0.1) is 5.92 Å². The minimum absolute atomic E-state index is 0.0720. The zero-order valence-electron chi connectivity index (χ0n) is 17.2. The SMILES string of the molecule is CCOC(=O)C(C)(OCC)C(CSc1ccc2ccccc2n1)([PH+]=O)C(C)C. The first-order chi connectivity index (χ1) is 13.3. The second-order valence-electron chi connectivity index (χ2n) is 7.05. The van der Waals surface area contributed by atoms with Gasteiger partial charge in [0.1, 0.15) is 0 Å². The fourth-order valence-electron chi connectivity index (χ4n) is 3.34. The lowest BCUT2D eigenvalue weighted by Crippen LogP contribution is -2.60. The third-order valence-electron chi connectivity index (χ3n) is 5.14. The Bertz CT molecular complexity index is 831. The number of nitrogens with zero attached hydrogens (tertiary/aromatic N) is 1. The van der Waals surface area contributed by atoms with Gasteiger partial charge in [-0.25, -0.2) is 9.78 Å². The predicted molar refractivity (Wildman–Crippen MR) is 116 cm³/mol. The summed E-state index contributed by atoms with van der Waals surface area (Å²) in [5.74, 6) is -0.119. The zero-order chi connectivity index (χ0) is 20.8. The normalized spacial score (nSPS) is 16.1. The zero-order valence-corrected chi connectivity index (χ0v) is 19.0. The lowest BCUT2D eigenvalue weighted by Gasteiger charge is -2.39. The number of hydrogen-bond donors (Lipinski definition) is 0. The summed E-state index contributed by atoms with van der Waals surface area (Å²) in [5.41, 5.74) is -0.402. The highest BCUT2D eigenvalue weighted by Gasteiger charge is 2.64. The van der Waals surface area contributed by atoms with E-state index in [-0.39, 0.29) is 12.5 Å². The summed E-state index contributed by atoms with van der Waals surface area (Å²) in [4.78, 5) is 17.5. The van der Waals surface area contributed by atoms with E-state index in [0.717, 1.165) is 15.9 Å². The van der Waals surface area contributed by atoms with E-state index in [1.165, 1.54) is 11.8 Å². The van der Waals surface area contributed by atoms with Crippen molar-refractivity contribution in [3.63, 3.8) is 0 Å². The molecule has 0 bridgehead atoms. The molecule has 0 fully saturated rings. The monoisotopic (exact) mass is 422 g/mol. The molecule has 3 atom stereocenters. The van der Waals surface area contributed by atoms with Crippen molar-refractivity contribution in [2.24, 2.45) is 5.92 Å². The summed E-state index contributed by atoms with van der Waals surface area (Å²) in [7, 11) is -0.734. The van der Waals surface area contributed by atoms with Gasteiger partial charge in [0, 0.05) is 17.9 Å². The van der Waals surface area contributed by atoms with Gasteiger partial charge in [0.25, 0.3) is 0 Å². The molecule has 7 heteroatoms. The first kappa shape index (κ1) is 22.8. The Balaban J connectivity index is 2.39. The number of thioether (sulfide) groups is 1. The van der Waals surface area contributed by atoms with Crippen LogP contribution in [0.4, 0.5) is 0 Å². The molecule has 1 aromatic carbocycles. The van der Waals surface area contributed by atoms with Crippen LogP contribution in [0.3, 0.4) is 0 Å². The smallest absolute Gasteiger partial charge is 0.343 e. The molecule has 0 spiro atoms. The number of pyridine rings is 1. The maximum Gasteiger partial charge on any atom is 0.343 e. The molecule has 3 unspecified atom stereocenters. The number of esters is 1. The Hall–Kier alpha value is -1.49. The highest BCUT2D eigenvalue weighted by molar-refractivity contribution is 7.99. The van der Waals surface area contributed by atoms with Gasteiger partial charge in [-0.3, -0.25) is 0 Å². The van der Waals surface area contributed by atoms with Crippen molar-refractivity contribution < 1.29 is 18.8 Å². The summed E-state index contributed by atoms with van der Waals surface area (Å²) in [6.07, 6.45) is 0. The number of hydrogen-bond acceptors (Lipinski definition) is 6. The van der Waals surface area contributed by atoms with Crippen LogP contribution in [0.1, 0.15) is 34.6 Å². The molecule has 28 heavy (non-hydrogen) atoms. The molecule has 0 saturated carbocycles. The Labute approximate surface area is 172 Å². The van der Waals surface area contributed by atoms with E-state index in [4.69, 9.17) is 9.47 Å². The molecule has 0 aliphatic carbocycles. The lowest BCUT2D eigenvalue weighted by atomic mass is 9.80. The van der Waals surface area contributed by atoms with E-state index in [9.17, 15) is 9.36 Å². The van der Waals surface area contributed by atoms with Crippen LogP contribution >= 0.6 is 20.2 Å². The van der Waals surface area contributed by atoms with E-state index in [2.05, 4.69) is 4.98 Å². The van der Waals surface area contributed by atoms with Crippen LogP contribution in [-0.4, -0.2) is 40.7 Å². The second kappa shape index (κ2) is 9.82. The van der Waals surface area contributed by atoms with Crippen LogP contribution in [0.15, 0.2) is 41.4 Å². The van der Waals surface area contributed by atoms with Crippen LogP contribution in [-0.2, 0) is 18.8 Å². The highest BCUT2D eigenvalue weighted by Crippen LogP contribution is 2.47. The quantitative estimate of drug-likeness (QED) is 0.301. The van der Waals surface area contributed by atoms with Crippen molar-refractivity contribution in [2.45, 2.75) is 50.4 Å². The number of fused-ring (bicyclic) bond motifs is 1. The molecule has 0 N–H and O–H groups in total. The van der Waals surface area contributed by atoms with Gasteiger partial charge in [-0.2, -0.15) is 0 Å². The number of para-hydroxylation sites is 1. The van der Waals surface area contributed by atoms with Crippen LogP contribution in [0.2, 0.25) is 0 Å². The van der Waals surface area contributed by atoms with Crippen molar-refractivity contribution in [1.29, 1.82) is 0 Å². The Morgan fingerprint density at radius 1 is 1.18 bits per heavy atom. The van der Waals surface area contributed by atoms with Gasteiger partial charge in [-0.1, -0.05) is 42.7 Å². The van der Waals surface area contributed by atoms with Crippen LogP contribution in [0.25, 0.3) is 10.9 Å². The minimum atomic E-state index is -1.31. The summed E-state index contributed by atoms with van der Waals surface area (Å²) in [5, 5.41) is 0.982. The average molecular weight is 423 g/mol. The van der Waals surface area contributed by atoms with Gasteiger partial charge in [-0.15, -0.1) is 11.8 Å². The summed E-state index contributed by atoms with van der Waals surface area (Å²) in [6.45, 7) is 9.80. The number of aromatic nitrogens is 1. The van der Waals surface area contributed by atoms with E-state index in [1.54, 1.807) is 13.8 Å². The maximum absolute atomic E-state index is 12.8. The molecular formula is C21H29NO4PS+. The molecule has 1 heterocycles. The van der Waals surface area contributed by atoms with Crippen molar-refractivity contribution in [3.05, 3.63) is 36.4 Å². The molecule has 0 saturated heterocycles. The first-order valence-electron chi connectivity index (χ1n) is 9.53. The third-order valence-corrected chi connectivity index (χ3v) is 8.11. The number of ether oxygens (including phenoxy) is 2. The number of rotatable bonds is 10. The largest absolute Gasteiger partial charge is 0.464 e. The summed E-state index contributed by atoms with van der Waals surface area (Å²) in [6, 6.07) is 11.9. The molecule has 0 radical (unpaired) electrons. The number of carbonyl (C=O) groups is 1. The Morgan fingerprint density at radius 2 is 1.89 bits per heavy atom. The molecule has 5 nitrogen and oxygen atoms in total. The van der Waals surface area contributed by atoms with E-state index < -0.39 is 25.2 Å². The predicted octanol–water partition coefficient (Wildman–Crippen LogP) is 5.10. The Kier molecular flexibility index (Phi) is 7.99. The van der Waals surface area contributed by atoms with Crippen molar-refractivity contribution in [2.75, 3.05) is 19.0 Å². The fraction of sp³-hybridized carbons (Fsp3) is 0.524. The van der Waals surface area contributed by atoms with Gasteiger partial charge in [0.15, 0.2) is 0 Å². The average Bonchev–Trinajstić information content (AvgIpc) is 2.68. The molecule has 0 amide bonds. The van der Waals surface area contributed by atoms with Crippen molar-refractivity contribution >= 4 is 37.1 Å². The number of benzene rings is 1. The molecule has 0 aliphatic rings. The van der Waals surface area contributed by atoms with Gasteiger partial charge in [-0.05, 0) is 32.9 Å².